The predicted molar refractivity (Wildman–Crippen MR) is 62.0 cm³/mol. The second-order valence-electron chi connectivity index (χ2n) is 4.51. The third-order valence-corrected chi connectivity index (χ3v) is 3.00. The number of imide groups is 1. The SMILES string of the molecule is O=C1c2ccccc2C(=O)N1CCC(F)CC(F)(F)F. The molecule has 1 aromatic carbocycles. The van der Waals surface area contributed by atoms with Crippen LogP contribution in [-0.2, 0) is 0 Å². The summed E-state index contributed by atoms with van der Waals surface area (Å²) in [6.45, 7) is -0.358. The summed E-state index contributed by atoms with van der Waals surface area (Å²) in [4.78, 5) is 24.5. The van der Waals surface area contributed by atoms with Gasteiger partial charge >= 0.3 is 6.18 Å². The molecule has 3 nitrogen and oxygen atoms in total. The average Bonchev–Trinajstić information content (AvgIpc) is 2.59. The molecule has 0 saturated carbocycles. The first-order chi connectivity index (χ1) is 9.29. The molecule has 1 heterocycles. The standard InChI is InChI=1S/C13H11F4NO2/c14-8(7-13(15,16)17)5-6-18-11(19)9-3-1-2-4-10(9)12(18)20/h1-4,8H,5-7H2. The van der Waals surface area contributed by atoms with Gasteiger partial charge in [-0.3, -0.25) is 14.5 Å². The average molecular weight is 289 g/mol. The fourth-order valence-corrected chi connectivity index (χ4v) is 2.06. The Kier molecular flexibility index (Phi) is 3.78. The Morgan fingerprint density at radius 3 is 2.00 bits per heavy atom. The fourth-order valence-electron chi connectivity index (χ4n) is 2.06. The lowest BCUT2D eigenvalue weighted by molar-refractivity contribution is -0.146. The first-order valence-electron chi connectivity index (χ1n) is 5.95. The first kappa shape index (κ1) is 14.5. The molecular weight excluding hydrogens is 278 g/mol. The molecule has 108 valence electrons. The monoisotopic (exact) mass is 289 g/mol. The van der Waals surface area contributed by atoms with Crippen LogP contribution < -0.4 is 0 Å². The Morgan fingerprint density at radius 1 is 1.05 bits per heavy atom. The van der Waals surface area contributed by atoms with Gasteiger partial charge in [-0.1, -0.05) is 12.1 Å². The third kappa shape index (κ3) is 2.97. The van der Waals surface area contributed by atoms with Gasteiger partial charge in [0.1, 0.15) is 6.17 Å². The van der Waals surface area contributed by atoms with E-state index in [1.54, 1.807) is 12.1 Å². The number of hydrogen-bond acceptors (Lipinski definition) is 2. The number of fused-ring (bicyclic) bond motifs is 1. The maximum Gasteiger partial charge on any atom is 0.391 e. The number of rotatable bonds is 4. The summed E-state index contributed by atoms with van der Waals surface area (Å²) in [7, 11) is 0. The molecule has 1 atom stereocenters. The van der Waals surface area contributed by atoms with Gasteiger partial charge < -0.3 is 0 Å². The van der Waals surface area contributed by atoms with Gasteiger partial charge in [0.15, 0.2) is 0 Å². The third-order valence-electron chi connectivity index (χ3n) is 3.00. The van der Waals surface area contributed by atoms with Crippen molar-refractivity contribution in [3.05, 3.63) is 35.4 Å². The Balaban J connectivity index is 1.99. The number of amides is 2. The summed E-state index contributed by atoms with van der Waals surface area (Å²) < 4.78 is 49.1. The van der Waals surface area contributed by atoms with Crippen LogP contribution in [0.5, 0.6) is 0 Å². The van der Waals surface area contributed by atoms with Crippen molar-refractivity contribution in [3.63, 3.8) is 0 Å². The van der Waals surface area contributed by atoms with Crippen molar-refractivity contribution < 1.29 is 27.2 Å². The van der Waals surface area contributed by atoms with E-state index in [1.165, 1.54) is 12.1 Å². The van der Waals surface area contributed by atoms with E-state index >= 15 is 0 Å². The van der Waals surface area contributed by atoms with Gasteiger partial charge in [0.05, 0.1) is 17.5 Å². The second-order valence-corrected chi connectivity index (χ2v) is 4.51. The van der Waals surface area contributed by atoms with Gasteiger partial charge in [0.2, 0.25) is 0 Å². The van der Waals surface area contributed by atoms with Gasteiger partial charge in [0, 0.05) is 6.54 Å². The largest absolute Gasteiger partial charge is 0.391 e. The molecule has 0 bridgehead atoms. The zero-order valence-corrected chi connectivity index (χ0v) is 10.3. The lowest BCUT2D eigenvalue weighted by atomic mass is 10.1. The zero-order valence-electron chi connectivity index (χ0n) is 10.3. The van der Waals surface area contributed by atoms with Crippen LogP contribution in [0.3, 0.4) is 0 Å². The summed E-state index contributed by atoms with van der Waals surface area (Å²) in [5.74, 6) is -1.19. The van der Waals surface area contributed by atoms with E-state index in [2.05, 4.69) is 0 Å². The smallest absolute Gasteiger partial charge is 0.274 e. The van der Waals surface area contributed by atoms with E-state index in [4.69, 9.17) is 0 Å². The number of hydrogen-bond donors (Lipinski definition) is 0. The van der Waals surface area contributed by atoms with Crippen molar-refractivity contribution in [1.82, 2.24) is 4.90 Å². The van der Waals surface area contributed by atoms with Crippen molar-refractivity contribution in [2.75, 3.05) is 6.54 Å². The highest BCUT2D eigenvalue weighted by Gasteiger charge is 2.37. The molecule has 2 rings (SSSR count). The van der Waals surface area contributed by atoms with Crippen molar-refractivity contribution in [2.45, 2.75) is 25.2 Å². The quantitative estimate of drug-likeness (QED) is 0.631. The first-order valence-corrected chi connectivity index (χ1v) is 5.95. The molecule has 1 aliphatic heterocycles. The van der Waals surface area contributed by atoms with Gasteiger partial charge in [-0.25, -0.2) is 4.39 Å². The van der Waals surface area contributed by atoms with Crippen molar-refractivity contribution in [1.29, 1.82) is 0 Å². The van der Waals surface area contributed by atoms with E-state index in [-0.39, 0.29) is 17.7 Å². The normalized spacial score (nSPS) is 16.5. The molecule has 1 unspecified atom stereocenters. The molecular formula is C13H11F4NO2. The van der Waals surface area contributed by atoms with Crippen LogP contribution in [0.25, 0.3) is 0 Å². The Hall–Kier alpha value is -1.92. The fraction of sp³-hybridized carbons (Fsp3) is 0.385. The maximum atomic E-state index is 13.2. The Bertz CT molecular complexity index is 506. The van der Waals surface area contributed by atoms with E-state index in [9.17, 15) is 27.2 Å². The molecule has 1 aromatic rings. The van der Waals surface area contributed by atoms with Gasteiger partial charge in [0.25, 0.3) is 11.8 Å². The molecule has 1 aliphatic rings. The molecule has 7 heteroatoms. The molecule has 0 radical (unpaired) electrons. The minimum absolute atomic E-state index is 0.198. The predicted octanol–water partition coefficient (Wildman–Crippen LogP) is 2.96. The molecule has 0 aliphatic carbocycles. The Labute approximate surface area is 112 Å². The van der Waals surface area contributed by atoms with E-state index in [0.717, 1.165) is 4.90 Å². The number of halogens is 4. The van der Waals surface area contributed by atoms with Crippen molar-refractivity contribution >= 4 is 11.8 Å². The molecule has 0 fully saturated rings. The lowest BCUT2D eigenvalue weighted by Crippen LogP contribution is -2.32. The minimum Gasteiger partial charge on any atom is -0.274 e. The lowest BCUT2D eigenvalue weighted by Gasteiger charge is -2.16. The van der Waals surface area contributed by atoms with Crippen LogP contribution in [0, 0.1) is 0 Å². The number of nitrogens with zero attached hydrogens (tertiary/aromatic N) is 1. The van der Waals surface area contributed by atoms with E-state index < -0.39 is 37.0 Å². The van der Waals surface area contributed by atoms with Gasteiger partial charge in [-0.2, -0.15) is 13.2 Å². The topological polar surface area (TPSA) is 37.4 Å². The maximum absolute atomic E-state index is 13.2. The summed E-state index contributed by atoms with van der Waals surface area (Å²) in [6, 6.07) is 6.07. The van der Waals surface area contributed by atoms with Crippen molar-refractivity contribution in [2.24, 2.45) is 0 Å². The molecule has 0 aromatic heterocycles. The Morgan fingerprint density at radius 2 is 1.55 bits per heavy atom. The van der Waals surface area contributed by atoms with Gasteiger partial charge in [-0.15, -0.1) is 0 Å². The minimum atomic E-state index is -4.60. The molecule has 20 heavy (non-hydrogen) atoms. The van der Waals surface area contributed by atoms with Crippen LogP contribution in [0.1, 0.15) is 33.6 Å². The van der Waals surface area contributed by atoms with Crippen molar-refractivity contribution in [3.8, 4) is 0 Å². The summed E-state index contributed by atoms with van der Waals surface area (Å²) >= 11 is 0. The van der Waals surface area contributed by atoms with Crippen LogP contribution in [0.15, 0.2) is 24.3 Å². The highest BCUT2D eigenvalue weighted by atomic mass is 19.4. The van der Waals surface area contributed by atoms with E-state index in [1.807, 2.05) is 0 Å². The molecule has 2 amide bonds. The highest BCUT2D eigenvalue weighted by molar-refractivity contribution is 6.21. The van der Waals surface area contributed by atoms with E-state index in [0.29, 0.717) is 0 Å². The van der Waals surface area contributed by atoms with Crippen LogP contribution in [-0.4, -0.2) is 35.6 Å². The van der Waals surface area contributed by atoms with Crippen LogP contribution >= 0.6 is 0 Å². The summed E-state index contributed by atoms with van der Waals surface area (Å²) in [6.07, 6.45) is -8.82. The number of carbonyl (C=O) groups excluding carboxylic acids is 2. The number of alkyl halides is 4. The zero-order chi connectivity index (χ0) is 14.9. The highest BCUT2D eigenvalue weighted by Crippen LogP contribution is 2.26. The molecule has 0 spiro atoms. The van der Waals surface area contributed by atoms with Crippen LogP contribution in [0.2, 0.25) is 0 Å². The number of benzene rings is 1. The molecule has 0 saturated heterocycles. The van der Waals surface area contributed by atoms with Crippen LogP contribution in [0.4, 0.5) is 17.6 Å². The number of carbonyl (C=O) groups is 2. The second kappa shape index (κ2) is 5.22. The summed E-state index contributed by atoms with van der Waals surface area (Å²) in [5, 5.41) is 0. The molecule has 0 N–H and O–H groups in total. The summed E-state index contributed by atoms with van der Waals surface area (Å²) in [5.41, 5.74) is 0.396. The van der Waals surface area contributed by atoms with Gasteiger partial charge in [-0.05, 0) is 18.6 Å².